The SMILES string of the molecule is Cc1ccc2nc(N3CCS(O)(O)c4ccccc4C3)cc(NCCN3CCOCC3)c2c1. The predicted octanol–water partition coefficient (Wildman–Crippen LogP) is 4.42. The molecule has 0 spiro atoms. The molecule has 1 fully saturated rings. The molecule has 0 unspecified atom stereocenters. The van der Waals surface area contributed by atoms with Crippen LogP contribution in [-0.2, 0) is 11.3 Å². The third-order valence-electron chi connectivity index (χ3n) is 6.45. The zero-order valence-electron chi connectivity index (χ0n) is 19.0. The summed E-state index contributed by atoms with van der Waals surface area (Å²) in [4.78, 5) is 10.2. The van der Waals surface area contributed by atoms with Crippen LogP contribution in [0, 0.1) is 6.92 Å². The Morgan fingerprint density at radius 3 is 2.73 bits per heavy atom. The van der Waals surface area contributed by atoms with Crippen molar-refractivity contribution < 1.29 is 13.8 Å². The highest BCUT2D eigenvalue weighted by Crippen LogP contribution is 2.51. The first-order valence-corrected chi connectivity index (χ1v) is 13.3. The van der Waals surface area contributed by atoms with Crippen molar-refractivity contribution in [1.82, 2.24) is 9.88 Å². The Kier molecular flexibility index (Phi) is 6.44. The van der Waals surface area contributed by atoms with Crippen LogP contribution in [0.15, 0.2) is 53.4 Å². The second-order valence-corrected chi connectivity index (χ2v) is 11.0. The first kappa shape index (κ1) is 22.4. The van der Waals surface area contributed by atoms with Gasteiger partial charge in [-0.05, 0) is 30.7 Å². The van der Waals surface area contributed by atoms with Gasteiger partial charge in [-0.3, -0.25) is 14.0 Å². The highest BCUT2D eigenvalue weighted by molar-refractivity contribution is 8.24. The van der Waals surface area contributed by atoms with Crippen molar-refractivity contribution in [2.45, 2.75) is 18.4 Å². The Morgan fingerprint density at radius 1 is 1.06 bits per heavy atom. The van der Waals surface area contributed by atoms with E-state index in [0.29, 0.717) is 23.7 Å². The molecule has 1 aromatic heterocycles. The van der Waals surface area contributed by atoms with Crippen LogP contribution < -0.4 is 10.2 Å². The van der Waals surface area contributed by atoms with E-state index in [1.165, 1.54) is 5.56 Å². The first-order valence-electron chi connectivity index (χ1n) is 11.5. The average molecular weight is 469 g/mol. The summed E-state index contributed by atoms with van der Waals surface area (Å²) in [6.07, 6.45) is 0. The molecular weight excluding hydrogens is 436 g/mol. The third kappa shape index (κ3) is 4.95. The van der Waals surface area contributed by atoms with Crippen molar-refractivity contribution in [1.29, 1.82) is 0 Å². The lowest BCUT2D eigenvalue weighted by Crippen LogP contribution is -2.39. The number of aromatic nitrogens is 1. The van der Waals surface area contributed by atoms with Crippen LogP contribution in [0.25, 0.3) is 10.9 Å². The Morgan fingerprint density at radius 2 is 1.88 bits per heavy atom. The Bertz CT molecular complexity index is 1130. The van der Waals surface area contributed by atoms with Gasteiger partial charge in [-0.2, -0.15) is 10.6 Å². The fourth-order valence-electron chi connectivity index (χ4n) is 4.59. The van der Waals surface area contributed by atoms with E-state index in [-0.39, 0.29) is 0 Å². The number of rotatable bonds is 5. The molecule has 0 bridgehead atoms. The summed E-state index contributed by atoms with van der Waals surface area (Å²) < 4.78 is 26.9. The molecule has 2 aromatic carbocycles. The molecule has 5 rings (SSSR count). The van der Waals surface area contributed by atoms with Gasteiger partial charge in [-0.1, -0.05) is 29.8 Å². The van der Waals surface area contributed by atoms with Crippen molar-refractivity contribution in [2.75, 3.05) is 61.9 Å². The zero-order chi connectivity index (χ0) is 22.8. The lowest BCUT2D eigenvalue weighted by molar-refractivity contribution is 0.0398. The number of benzene rings is 2. The van der Waals surface area contributed by atoms with E-state index in [1.54, 1.807) is 0 Å². The molecule has 2 aliphatic rings. The second-order valence-electron chi connectivity index (χ2n) is 8.83. The number of pyridine rings is 1. The standard InChI is InChI=1S/C25H32N4O3S/c1-19-6-7-22-21(16-19)23(26-8-9-28-10-13-32-14-11-28)17-25(27-22)29-12-15-33(30,31)24-5-3-2-4-20(24)18-29/h2-7,16-17,30-31H,8-15,18H2,1H3,(H,26,27). The van der Waals surface area contributed by atoms with Gasteiger partial charge in [0.2, 0.25) is 0 Å². The van der Waals surface area contributed by atoms with E-state index in [0.717, 1.165) is 67.4 Å². The van der Waals surface area contributed by atoms with E-state index in [9.17, 15) is 9.11 Å². The van der Waals surface area contributed by atoms with Gasteiger partial charge in [-0.15, -0.1) is 0 Å². The van der Waals surface area contributed by atoms with Crippen molar-refractivity contribution in [2.24, 2.45) is 0 Å². The van der Waals surface area contributed by atoms with Gasteiger partial charge in [0, 0.05) is 56.4 Å². The summed E-state index contributed by atoms with van der Waals surface area (Å²) in [6.45, 7) is 8.60. The molecule has 0 saturated carbocycles. The smallest absolute Gasteiger partial charge is 0.131 e. The molecule has 3 aromatic rings. The summed E-state index contributed by atoms with van der Waals surface area (Å²) >= 11 is 0. The number of anilines is 2. The molecular formula is C25H32N4O3S. The zero-order valence-corrected chi connectivity index (χ0v) is 19.9. The number of morpholine rings is 1. The minimum Gasteiger partial charge on any atom is -0.383 e. The Labute approximate surface area is 196 Å². The van der Waals surface area contributed by atoms with Crippen LogP contribution >= 0.6 is 10.6 Å². The van der Waals surface area contributed by atoms with Crippen molar-refractivity contribution in [3.8, 4) is 0 Å². The van der Waals surface area contributed by atoms with Crippen LogP contribution in [0.4, 0.5) is 11.5 Å². The summed E-state index contributed by atoms with van der Waals surface area (Å²) in [5.41, 5.74) is 4.15. The molecule has 2 aliphatic heterocycles. The number of hydrogen-bond donors (Lipinski definition) is 3. The monoisotopic (exact) mass is 468 g/mol. The molecule has 8 heteroatoms. The van der Waals surface area contributed by atoms with Crippen LogP contribution in [0.2, 0.25) is 0 Å². The minimum atomic E-state index is -2.81. The molecule has 0 radical (unpaired) electrons. The number of nitrogens with one attached hydrogen (secondary N) is 1. The van der Waals surface area contributed by atoms with E-state index >= 15 is 0 Å². The third-order valence-corrected chi connectivity index (χ3v) is 8.31. The molecule has 7 nitrogen and oxygen atoms in total. The molecule has 3 heterocycles. The van der Waals surface area contributed by atoms with E-state index in [4.69, 9.17) is 9.72 Å². The number of hydrogen-bond acceptors (Lipinski definition) is 7. The maximum atomic E-state index is 10.7. The maximum Gasteiger partial charge on any atom is 0.131 e. The maximum absolute atomic E-state index is 10.7. The van der Waals surface area contributed by atoms with Crippen molar-refractivity contribution in [3.05, 3.63) is 59.7 Å². The topological polar surface area (TPSA) is 81.1 Å². The molecule has 176 valence electrons. The largest absolute Gasteiger partial charge is 0.383 e. The van der Waals surface area contributed by atoms with Crippen LogP contribution in [-0.4, -0.2) is 70.7 Å². The lowest BCUT2D eigenvalue weighted by atomic mass is 10.1. The number of aryl methyl sites for hydroxylation is 1. The molecule has 0 atom stereocenters. The summed E-state index contributed by atoms with van der Waals surface area (Å²) in [5.74, 6) is 1.16. The van der Waals surface area contributed by atoms with Crippen molar-refractivity contribution in [3.63, 3.8) is 0 Å². The van der Waals surface area contributed by atoms with Crippen LogP contribution in [0.3, 0.4) is 0 Å². The van der Waals surface area contributed by atoms with Gasteiger partial charge in [-0.25, -0.2) is 4.98 Å². The van der Waals surface area contributed by atoms with Gasteiger partial charge in [0.1, 0.15) is 5.82 Å². The predicted molar refractivity (Wildman–Crippen MR) is 136 cm³/mol. The first-order chi connectivity index (χ1) is 16.0. The normalized spacial score (nSPS) is 19.7. The quantitative estimate of drug-likeness (QED) is 0.511. The Balaban J connectivity index is 1.44. The number of nitrogens with zero attached hydrogens (tertiary/aromatic N) is 3. The number of fused-ring (bicyclic) bond motifs is 2. The van der Waals surface area contributed by atoms with Crippen molar-refractivity contribution >= 4 is 33.0 Å². The molecule has 0 amide bonds. The van der Waals surface area contributed by atoms with Gasteiger partial charge in [0.05, 0.1) is 29.4 Å². The van der Waals surface area contributed by atoms with E-state index in [2.05, 4.69) is 46.3 Å². The fourth-order valence-corrected chi connectivity index (χ4v) is 6.13. The number of ether oxygens (including phenoxy) is 1. The Hall–Kier alpha value is -2.36. The second kappa shape index (κ2) is 9.48. The van der Waals surface area contributed by atoms with Crippen LogP contribution in [0.1, 0.15) is 11.1 Å². The molecule has 33 heavy (non-hydrogen) atoms. The molecule has 1 saturated heterocycles. The fraction of sp³-hybridized carbons (Fsp3) is 0.400. The van der Waals surface area contributed by atoms with Crippen LogP contribution in [0.5, 0.6) is 0 Å². The summed E-state index contributed by atoms with van der Waals surface area (Å²) in [5, 5.41) is 4.76. The molecule has 3 N–H and O–H groups in total. The van der Waals surface area contributed by atoms with Gasteiger partial charge >= 0.3 is 0 Å². The summed E-state index contributed by atoms with van der Waals surface area (Å²) in [6, 6.07) is 16.1. The van der Waals surface area contributed by atoms with E-state index in [1.807, 2.05) is 24.3 Å². The van der Waals surface area contributed by atoms with E-state index < -0.39 is 10.6 Å². The van der Waals surface area contributed by atoms with Gasteiger partial charge < -0.3 is 15.0 Å². The molecule has 0 aliphatic carbocycles. The highest BCUT2D eigenvalue weighted by Gasteiger charge is 2.26. The average Bonchev–Trinajstić information content (AvgIpc) is 2.96. The lowest BCUT2D eigenvalue weighted by Gasteiger charge is -2.32. The van der Waals surface area contributed by atoms with Gasteiger partial charge in [0.15, 0.2) is 0 Å². The summed E-state index contributed by atoms with van der Waals surface area (Å²) in [7, 11) is -2.81. The highest BCUT2D eigenvalue weighted by atomic mass is 32.3. The van der Waals surface area contributed by atoms with Gasteiger partial charge in [0.25, 0.3) is 0 Å². The minimum absolute atomic E-state index is 0.303.